The quantitative estimate of drug-likeness (QED) is 0.669. The van der Waals surface area contributed by atoms with E-state index in [9.17, 15) is 8.78 Å². The van der Waals surface area contributed by atoms with Crippen LogP contribution in [-0.2, 0) is 4.74 Å². The molecule has 1 radical (unpaired) electrons. The van der Waals surface area contributed by atoms with E-state index in [1.807, 2.05) is 6.07 Å². The summed E-state index contributed by atoms with van der Waals surface area (Å²) in [6, 6.07) is 3.99. The first-order valence-electron chi connectivity index (χ1n) is 3.72. The van der Waals surface area contributed by atoms with Crippen molar-refractivity contribution in [2.24, 2.45) is 0 Å². The third-order valence-electron chi connectivity index (χ3n) is 1.33. The maximum absolute atomic E-state index is 12.5. The van der Waals surface area contributed by atoms with Crippen LogP contribution in [0.4, 0.5) is 8.78 Å². The zero-order valence-corrected chi connectivity index (χ0v) is 7.14. The SMILES string of the molecule is COCCOc1cc(F)[c]c(F)c1. The van der Waals surface area contributed by atoms with E-state index in [0.29, 0.717) is 6.61 Å². The van der Waals surface area contributed by atoms with E-state index in [2.05, 4.69) is 0 Å². The molecule has 0 atom stereocenters. The summed E-state index contributed by atoms with van der Waals surface area (Å²) in [5.74, 6) is -1.40. The van der Waals surface area contributed by atoms with Gasteiger partial charge < -0.3 is 9.47 Å². The fourth-order valence-electron chi connectivity index (χ4n) is 0.804. The Morgan fingerprint density at radius 1 is 1.23 bits per heavy atom. The molecule has 1 aromatic carbocycles. The van der Waals surface area contributed by atoms with E-state index in [0.717, 1.165) is 12.1 Å². The molecule has 0 aromatic heterocycles. The van der Waals surface area contributed by atoms with Gasteiger partial charge in [0, 0.05) is 19.2 Å². The molecule has 0 N–H and O–H groups in total. The van der Waals surface area contributed by atoms with Crippen LogP contribution < -0.4 is 4.74 Å². The van der Waals surface area contributed by atoms with Crippen LogP contribution in [0.15, 0.2) is 12.1 Å². The van der Waals surface area contributed by atoms with Crippen LogP contribution in [0.25, 0.3) is 0 Å². The third kappa shape index (κ3) is 3.38. The van der Waals surface area contributed by atoms with Crippen molar-refractivity contribution in [1.82, 2.24) is 0 Å². The molecule has 0 fully saturated rings. The molecule has 0 amide bonds. The molecule has 1 rings (SSSR count). The van der Waals surface area contributed by atoms with Gasteiger partial charge in [0.15, 0.2) is 0 Å². The predicted octanol–water partition coefficient (Wildman–Crippen LogP) is 1.79. The lowest BCUT2D eigenvalue weighted by molar-refractivity contribution is 0.146. The van der Waals surface area contributed by atoms with E-state index in [4.69, 9.17) is 9.47 Å². The zero-order chi connectivity index (χ0) is 9.68. The van der Waals surface area contributed by atoms with Gasteiger partial charge in [-0.25, -0.2) is 8.78 Å². The minimum Gasteiger partial charge on any atom is -0.491 e. The number of rotatable bonds is 4. The van der Waals surface area contributed by atoms with Gasteiger partial charge in [0.2, 0.25) is 0 Å². The first kappa shape index (κ1) is 9.92. The van der Waals surface area contributed by atoms with Crippen molar-refractivity contribution >= 4 is 0 Å². The van der Waals surface area contributed by atoms with Crippen LogP contribution in [0, 0.1) is 17.7 Å². The van der Waals surface area contributed by atoms with E-state index in [1.54, 1.807) is 0 Å². The summed E-state index contributed by atoms with van der Waals surface area (Å²) < 4.78 is 34.7. The molecule has 13 heavy (non-hydrogen) atoms. The summed E-state index contributed by atoms with van der Waals surface area (Å²) in [4.78, 5) is 0. The largest absolute Gasteiger partial charge is 0.491 e. The highest BCUT2D eigenvalue weighted by molar-refractivity contribution is 5.22. The van der Waals surface area contributed by atoms with E-state index in [1.165, 1.54) is 7.11 Å². The number of halogens is 2. The van der Waals surface area contributed by atoms with Gasteiger partial charge in [-0.3, -0.25) is 0 Å². The second-order valence-corrected chi connectivity index (χ2v) is 2.35. The molecule has 0 spiro atoms. The smallest absolute Gasteiger partial charge is 0.137 e. The van der Waals surface area contributed by atoms with Crippen LogP contribution in [0.5, 0.6) is 5.75 Å². The lowest BCUT2D eigenvalue weighted by Crippen LogP contribution is -2.04. The summed E-state index contributed by atoms with van der Waals surface area (Å²) >= 11 is 0. The summed E-state index contributed by atoms with van der Waals surface area (Å²) in [5, 5.41) is 0. The molecular weight excluding hydrogens is 178 g/mol. The molecule has 0 bridgehead atoms. The maximum Gasteiger partial charge on any atom is 0.137 e. The molecule has 2 nitrogen and oxygen atoms in total. The fourth-order valence-corrected chi connectivity index (χ4v) is 0.804. The Balaban J connectivity index is 2.56. The minimum atomic E-state index is -0.771. The highest BCUT2D eigenvalue weighted by Crippen LogP contribution is 2.14. The molecule has 1 aromatic rings. The van der Waals surface area contributed by atoms with Gasteiger partial charge in [0.25, 0.3) is 0 Å². The lowest BCUT2D eigenvalue weighted by atomic mass is 10.3. The van der Waals surface area contributed by atoms with Crippen LogP contribution in [0.1, 0.15) is 0 Å². The molecule has 0 unspecified atom stereocenters. The number of ether oxygens (including phenoxy) is 2. The lowest BCUT2D eigenvalue weighted by Gasteiger charge is -2.04. The standard InChI is InChI=1S/C9H9F2O2/c1-12-2-3-13-9-5-7(10)4-8(11)6-9/h5-6H,2-3H2,1H3. The zero-order valence-electron chi connectivity index (χ0n) is 7.14. The van der Waals surface area contributed by atoms with Gasteiger partial charge in [-0.15, -0.1) is 0 Å². The second kappa shape index (κ2) is 4.77. The van der Waals surface area contributed by atoms with Gasteiger partial charge in [-0.2, -0.15) is 0 Å². The molecular formula is C9H9F2O2. The summed E-state index contributed by atoms with van der Waals surface area (Å²) in [6.07, 6.45) is 0. The summed E-state index contributed by atoms with van der Waals surface area (Å²) in [5.41, 5.74) is 0. The van der Waals surface area contributed by atoms with Crippen LogP contribution in [0.3, 0.4) is 0 Å². The minimum absolute atomic E-state index is 0.144. The summed E-state index contributed by atoms with van der Waals surface area (Å²) in [7, 11) is 1.52. The fraction of sp³-hybridized carbons (Fsp3) is 0.333. The average molecular weight is 187 g/mol. The van der Waals surface area contributed by atoms with Crippen molar-refractivity contribution in [1.29, 1.82) is 0 Å². The van der Waals surface area contributed by atoms with Crippen LogP contribution >= 0.6 is 0 Å². The van der Waals surface area contributed by atoms with Gasteiger partial charge in [-0.05, 0) is 0 Å². The predicted molar refractivity (Wildman–Crippen MR) is 42.6 cm³/mol. The Morgan fingerprint density at radius 3 is 2.38 bits per heavy atom. The Bertz CT molecular complexity index is 256. The van der Waals surface area contributed by atoms with Crippen LogP contribution in [0.2, 0.25) is 0 Å². The average Bonchev–Trinajstić information content (AvgIpc) is 2.03. The third-order valence-corrected chi connectivity index (χ3v) is 1.33. The monoisotopic (exact) mass is 187 g/mol. The molecule has 0 saturated heterocycles. The molecule has 0 heterocycles. The molecule has 4 heteroatoms. The van der Waals surface area contributed by atoms with Crippen molar-refractivity contribution in [2.45, 2.75) is 0 Å². The van der Waals surface area contributed by atoms with Crippen molar-refractivity contribution in [3.05, 3.63) is 29.8 Å². The normalized spacial score (nSPS) is 10.1. The van der Waals surface area contributed by atoms with Crippen molar-refractivity contribution < 1.29 is 18.3 Å². The Labute approximate surface area is 75.1 Å². The number of methoxy groups -OCH3 is 1. The van der Waals surface area contributed by atoms with Crippen molar-refractivity contribution in [3.8, 4) is 5.75 Å². The van der Waals surface area contributed by atoms with E-state index < -0.39 is 11.6 Å². The molecule has 0 aliphatic carbocycles. The van der Waals surface area contributed by atoms with Gasteiger partial charge in [-0.1, -0.05) is 0 Å². The van der Waals surface area contributed by atoms with Gasteiger partial charge in [0.1, 0.15) is 24.0 Å². The summed E-state index contributed by atoms with van der Waals surface area (Å²) in [6.45, 7) is 0.640. The molecule has 71 valence electrons. The van der Waals surface area contributed by atoms with Crippen molar-refractivity contribution in [2.75, 3.05) is 20.3 Å². The Morgan fingerprint density at radius 2 is 1.85 bits per heavy atom. The number of hydrogen-bond donors (Lipinski definition) is 0. The first-order valence-corrected chi connectivity index (χ1v) is 3.72. The highest BCUT2D eigenvalue weighted by Gasteiger charge is 2.01. The topological polar surface area (TPSA) is 18.5 Å². The van der Waals surface area contributed by atoms with Gasteiger partial charge >= 0.3 is 0 Å². The molecule has 0 aliphatic rings. The number of hydrogen-bond acceptors (Lipinski definition) is 2. The van der Waals surface area contributed by atoms with E-state index >= 15 is 0 Å². The highest BCUT2D eigenvalue weighted by atomic mass is 19.1. The van der Waals surface area contributed by atoms with E-state index in [-0.39, 0.29) is 12.4 Å². The Kier molecular flexibility index (Phi) is 3.64. The second-order valence-electron chi connectivity index (χ2n) is 2.35. The van der Waals surface area contributed by atoms with Crippen LogP contribution in [-0.4, -0.2) is 20.3 Å². The molecule has 0 aliphatic heterocycles. The molecule has 0 saturated carbocycles. The van der Waals surface area contributed by atoms with Gasteiger partial charge in [0.05, 0.1) is 12.7 Å². The van der Waals surface area contributed by atoms with Crippen molar-refractivity contribution in [3.63, 3.8) is 0 Å². The Hall–Kier alpha value is -1.16. The maximum atomic E-state index is 12.5. The first-order chi connectivity index (χ1) is 6.22. The number of benzene rings is 1.